The van der Waals surface area contributed by atoms with Crippen LogP contribution in [0.4, 0.5) is 5.82 Å². The molecular formula is C12H18BrN3O. The molecule has 0 radical (unpaired) electrons. The van der Waals surface area contributed by atoms with Crippen LogP contribution >= 0.6 is 15.9 Å². The van der Waals surface area contributed by atoms with Gasteiger partial charge in [0.05, 0.1) is 0 Å². The molecule has 0 N–H and O–H groups in total. The monoisotopic (exact) mass is 299 g/mol. The largest absolute Gasteiger partial charge is 0.351 e. The predicted octanol–water partition coefficient (Wildman–Crippen LogP) is 2.02. The van der Waals surface area contributed by atoms with Crippen LogP contribution < -0.4 is 10.5 Å². The topological polar surface area (TPSA) is 38.1 Å². The summed E-state index contributed by atoms with van der Waals surface area (Å²) in [6.45, 7) is 4.64. The SMILES string of the molecule is CCCn1ccnc(N2CCCC(Br)C2)c1=O. The summed E-state index contributed by atoms with van der Waals surface area (Å²) in [5.41, 5.74) is 0.0379. The molecule has 17 heavy (non-hydrogen) atoms. The van der Waals surface area contributed by atoms with Gasteiger partial charge in [-0.15, -0.1) is 0 Å². The third-order valence-corrected chi connectivity index (χ3v) is 3.77. The second-order valence-electron chi connectivity index (χ2n) is 4.43. The second-order valence-corrected chi connectivity index (χ2v) is 5.73. The molecule has 0 spiro atoms. The van der Waals surface area contributed by atoms with Crippen molar-refractivity contribution in [2.75, 3.05) is 18.0 Å². The van der Waals surface area contributed by atoms with Crippen LogP contribution in [-0.2, 0) is 6.54 Å². The lowest BCUT2D eigenvalue weighted by Crippen LogP contribution is -2.40. The number of nitrogens with zero attached hydrogens (tertiary/aromatic N) is 3. The minimum absolute atomic E-state index is 0.0379. The summed E-state index contributed by atoms with van der Waals surface area (Å²) < 4.78 is 1.75. The average Bonchev–Trinajstić information content (AvgIpc) is 2.32. The highest BCUT2D eigenvalue weighted by Crippen LogP contribution is 2.19. The first kappa shape index (κ1) is 12.6. The molecule has 94 valence electrons. The van der Waals surface area contributed by atoms with Crippen molar-refractivity contribution in [2.24, 2.45) is 0 Å². The van der Waals surface area contributed by atoms with Gasteiger partial charge in [0, 0.05) is 36.9 Å². The van der Waals surface area contributed by atoms with Crippen LogP contribution in [0.5, 0.6) is 0 Å². The zero-order valence-corrected chi connectivity index (χ0v) is 11.7. The molecule has 1 aliphatic rings. The lowest BCUT2D eigenvalue weighted by atomic mass is 10.1. The molecule has 0 aromatic carbocycles. The highest BCUT2D eigenvalue weighted by Gasteiger charge is 2.21. The molecule has 1 saturated heterocycles. The Morgan fingerprint density at radius 3 is 3.12 bits per heavy atom. The van der Waals surface area contributed by atoms with Gasteiger partial charge in [0.15, 0.2) is 5.82 Å². The van der Waals surface area contributed by atoms with E-state index in [9.17, 15) is 4.79 Å². The fourth-order valence-corrected chi connectivity index (χ4v) is 2.86. The van der Waals surface area contributed by atoms with Crippen LogP contribution in [0.25, 0.3) is 0 Å². The summed E-state index contributed by atoms with van der Waals surface area (Å²) in [4.78, 5) is 19.0. The van der Waals surface area contributed by atoms with Gasteiger partial charge in [-0.1, -0.05) is 22.9 Å². The van der Waals surface area contributed by atoms with E-state index in [1.165, 1.54) is 6.42 Å². The summed E-state index contributed by atoms with van der Waals surface area (Å²) in [5.74, 6) is 0.602. The first-order valence-corrected chi connectivity index (χ1v) is 7.08. The van der Waals surface area contributed by atoms with Crippen LogP contribution in [-0.4, -0.2) is 27.5 Å². The van der Waals surface area contributed by atoms with Crippen LogP contribution in [0.15, 0.2) is 17.2 Å². The first-order valence-electron chi connectivity index (χ1n) is 6.17. The highest BCUT2D eigenvalue weighted by atomic mass is 79.9. The zero-order valence-electron chi connectivity index (χ0n) is 10.1. The maximum atomic E-state index is 12.2. The van der Waals surface area contributed by atoms with Crippen molar-refractivity contribution in [3.63, 3.8) is 0 Å². The number of aromatic nitrogens is 2. The maximum Gasteiger partial charge on any atom is 0.293 e. The Bertz CT molecular complexity index is 432. The third kappa shape index (κ3) is 2.89. The summed E-state index contributed by atoms with van der Waals surface area (Å²) in [7, 11) is 0. The van der Waals surface area contributed by atoms with E-state index in [1.807, 2.05) is 0 Å². The average molecular weight is 300 g/mol. The molecule has 0 aliphatic carbocycles. The van der Waals surface area contributed by atoms with Crippen molar-refractivity contribution in [2.45, 2.75) is 37.6 Å². The Balaban J connectivity index is 2.25. The Labute approximate surface area is 110 Å². The van der Waals surface area contributed by atoms with Crippen LogP contribution in [0.1, 0.15) is 26.2 Å². The fourth-order valence-electron chi connectivity index (χ4n) is 2.19. The van der Waals surface area contributed by atoms with Crippen molar-refractivity contribution in [1.29, 1.82) is 0 Å². The molecule has 0 bridgehead atoms. The molecule has 1 aromatic rings. The molecule has 1 fully saturated rings. The first-order chi connectivity index (χ1) is 8.22. The van der Waals surface area contributed by atoms with Crippen LogP contribution in [0.2, 0.25) is 0 Å². The van der Waals surface area contributed by atoms with Gasteiger partial charge in [-0.2, -0.15) is 0 Å². The van der Waals surface area contributed by atoms with E-state index in [0.717, 1.165) is 32.5 Å². The van der Waals surface area contributed by atoms with Crippen molar-refractivity contribution >= 4 is 21.7 Å². The smallest absolute Gasteiger partial charge is 0.293 e. The van der Waals surface area contributed by atoms with E-state index in [-0.39, 0.29) is 5.56 Å². The van der Waals surface area contributed by atoms with Gasteiger partial charge in [-0.3, -0.25) is 4.79 Å². The lowest BCUT2D eigenvalue weighted by molar-refractivity contribution is 0.579. The van der Waals surface area contributed by atoms with Gasteiger partial charge in [0.1, 0.15) is 0 Å². The number of anilines is 1. The number of hydrogen-bond donors (Lipinski definition) is 0. The standard InChI is InChI=1S/C12H18BrN3O/c1-2-6-15-8-5-14-11(12(15)17)16-7-3-4-10(13)9-16/h5,8,10H,2-4,6-7,9H2,1H3. The number of aryl methyl sites for hydroxylation is 1. The second kappa shape index (κ2) is 5.67. The minimum Gasteiger partial charge on any atom is -0.351 e. The van der Waals surface area contributed by atoms with Crippen LogP contribution in [0, 0.1) is 0 Å². The van der Waals surface area contributed by atoms with Crippen molar-refractivity contribution in [1.82, 2.24) is 9.55 Å². The molecule has 4 nitrogen and oxygen atoms in total. The predicted molar refractivity (Wildman–Crippen MR) is 73.0 cm³/mol. The molecule has 2 rings (SSSR count). The van der Waals surface area contributed by atoms with Gasteiger partial charge in [-0.25, -0.2) is 4.98 Å². The van der Waals surface area contributed by atoms with Gasteiger partial charge in [0.2, 0.25) is 0 Å². The molecular weight excluding hydrogens is 282 g/mol. The Morgan fingerprint density at radius 1 is 1.59 bits per heavy atom. The normalized spacial score (nSPS) is 20.6. The van der Waals surface area contributed by atoms with E-state index in [2.05, 4.69) is 32.7 Å². The summed E-state index contributed by atoms with van der Waals surface area (Å²) >= 11 is 3.62. The van der Waals surface area contributed by atoms with Crippen molar-refractivity contribution < 1.29 is 0 Å². The van der Waals surface area contributed by atoms with E-state index in [4.69, 9.17) is 0 Å². The molecule has 1 aliphatic heterocycles. The van der Waals surface area contributed by atoms with E-state index >= 15 is 0 Å². The molecule has 1 atom stereocenters. The highest BCUT2D eigenvalue weighted by molar-refractivity contribution is 9.09. The molecule has 0 saturated carbocycles. The van der Waals surface area contributed by atoms with Crippen LogP contribution in [0.3, 0.4) is 0 Å². The molecule has 2 heterocycles. The summed E-state index contributed by atoms with van der Waals surface area (Å²) in [6, 6.07) is 0. The van der Waals surface area contributed by atoms with Gasteiger partial charge < -0.3 is 9.47 Å². The number of hydrogen-bond acceptors (Lipinski definition) is 3. The van der Waals surface area contributed by atoms with Crippen molar-refractivity contribution in [3.05, 3.63) is 22.7 Å². The molecule has 1 aromatic heterocycles. The van der Waals surface area contributed by atoms with Crippen molar-refractivity contribution in [3.8, 4) is 0 Å². The maximum absolute atomic E-state index is 12.2. The van der Waals surface area contributed by atoms with Gasteiger partial charge in [0.25, 0.3) is 5.56 Å². The third-order valence-electron chi connectivity index (χ3n) is 3.02. The number of piperidine rings is 1. The number of alkyl halides is 1. The molecule has 1 unspecified atom stereocenters. The Kier molecular flexibility index (Phi) is 4.20. The Hall–Kier alpha value is -0.840. The molecule has 5 heteroatoms. The van der Waals surface area contributed by atoms with Gasteiger partial charge in [-0.05, 0) is 19.3 Å². The number of rotatable bonds is 3. The summed E-state index contributed by atoms with van der Waals surface area (Å²) in [6.07, 6.45) is 6.74. The van der Waals surface area contributed by atoms with Gasteiger partial charge >= 0.3 is 0 Å². The molecule has 0 amide bonds. The minimum atomic E-state index is 0.0379. The quantitative estimate of drug-likeness (QED) is 0.802. The lowest BCUT2D eigenvalue weighted by Gasteiger charge is -2.30. The number of halogens is 1. The fraction of sp³-hybridized carbons (Fsp3) is 0.667. The van der Waals surface area contributed by atoms with E-state index in [1.54, 1.807) is 17.0 Å². The Morgan fingerprint density at radius 2 is 2.41 bits per heavy atom. The van der Waals surface area contributed by atoms with E-state index < -0.39 is 0 Å². The summed E-state index contributed by atoms with van der Waals surface area (Å²) in [5, 5.41) is 0. The van der Waals surface area contributed by atoms with E-state index in [0.29, 0.717) is 10.6 Å². The zero-order chi connectivity index (χ0) is 12.3.